The standard InChI is InChI=1S/C19H19ClN4O4S/c1-24(10-17-21-15-6-4-3-5-13(15)19(26)23-17)11-18(25)22-16-9-12(29(2,27)28)7-8-14(16)20/h3-9H,10-11H2,1-2H3,(H,22,25)(H,21,23,26). The fraction of sp³-hybridized carbons (Fsp3) is 0.211. The number of halogens is 1. The molecule has 2 aromatic carbocycles. The topological polar surface area (TPSA) is 112 Å². The summed E-state index contributed by atoms with van der Waals surface area (Å²) in [5.41, 5.74) is 0.548. The van der Waals surface area contributed by atoms with Crippen molar-refractivity contribution in [1.29, 1.82) is 0 Å². The molecule has 0 spiro atoms. The lowest BCUT2D eigenvalue weighted by atomic mass is 10.2. The predicted molar refractivity (Wildman–Crippen MR) is 112 cm³/mol. The quantitative estimate of drug-likeness (QED) is 0.614. The van der Waals surface area contributed by atoms with E-state index in [1.165, 1.54) is 18.2 Å². The van der Waals surface area contributed by atoms with Crippen molar-refractivity contribution < 1.29 is 13.2 Å². The van der Waals surface area contributed by atoms with Gasteiger partial charge in [-0.05, 0) is 37.4 Å². The van der Waals surface area contributed by atoms with Gasteiger partial charge in [-0.25, -0.2) is 13.4 Å². The first kappa shape index (κ1) is 21.0. The van der Waals surface area contributed by atoms with Crippen LogP contribution in [0.25, 0.3) is 10.9 Å². The van der Waals surface area contributed by atoms with Gasteiger partial charge in [0.25, 0.3) is 5.56 Å². The average Bonchev–Trinajstić information content (AvgIpc) is 2.62. The molecule has 1 heterocycles. The van der Waals surface area contributed by atoms with Crippen LogP contribution in [0.5, 0.6) is 0 Å². The number of aromatic nitrogens is 2. The number of fused-ring (bicyclic) bond motifs is 1. The van der Waals surface area contributed by atoms with Crippen LogP contribution in [0.1, 0.15) is 5.82 Å². The van der Waals surface area contributed by atoms with E-state index >= 15 is 0 Å². The van der Waals surface area contributed by atoms with Crippen LogP contribution in [0.4, 0.5) is 5.69 Å². The Morgan fingerprint density at radius 1 is 1.24 bits per heavy atom. The number of anilines is 1. The number of benzene rings is 2. The molecule has 1 amide bonds. The zero-order valence-corrected chi connectivity index (χ0v) is 17.3. The molecule has 0 saturated carbocycles. The Hall–Kier alpha value is -2.75. The second-order valence-electron chi connectivity index (χ2n) is 6.66. The van der Waals surface area contributed by atoms with E-state index in [0.29, 0.717) is 16.7 Å². The van der Waals surface area contributed by atoms with Gasteiger partial charge >= 0.3 is 0 Å². The molecule has 0 aliphatic heterocycles. The number of likely N-dealkylation sites (N-methyl/N-ethyl adjacent to an activating group) is 1. The van der Waals surface area contributed by atoms with Gasteiger partial charge in [0.15, 0.2) is 9.84 Å². The molecule has 29 heavy (non-hydrogen) atoms. The highest BCUT2D eigenvalue weighted by molar-refractivity contribution is 7.90. The maximum Gasteiger partial charge on any atom is 0.258 e. The summed E-state index contributed by atoms with van der Waals surface area (Å²) < 4.78 is 23.4. The number of amides is 1. The van der Waals surface area contributed by atoms with Crippen LogP contribution in [-0.4, -0.2) is 49.0 Å². The Morgan fingerprint density at radius 2 is 1.97 bits per heavy atom. The molecule has 2 N–H and O–H groups in total. The van der Waals surface area contributed by atoms with Crippen molar-refractivity contribution in [3.8, 4) is 0 Å². The first-order valence-electron chi connectivity index (χ1n) is 8.59. The first-order chi connectivity index (χ1) is 13.6. The maximum absolute atomic E-state index is 12.4. The van der Waals surface area contributed by atoms with E-state index in [2.05, 4.69) is 15.3 Å². The van der Waals surface area contributed by atoms with Crippen LogP contribution >= 0.6 is 11.6 Å². The Labute approximate surface area is 172 Å². The molecule has 10 heteroatoms. The molecule has 0 aliphatic rings. The van der Waals surface area contributed by atoms with Gasteiger partial charge in [-0.3, -0.25) is 14.5 Å². The van der Waals surface area contributed by atoms with Gasteiger partial charge in [-0.2, -0.15) is 0 Å². The zero-order chi connectivity index (χ0) is 21.2. The number of H-pyrrole nitrogens is 1. The first-order valence-corrected chi connectivity index (χ1v) is 10.9. The molecule has 0 atom stereocenters. The molecule has 0 radical (unpaired) electrons. The molecule has 0 aliphatic carbocycles. The summed E-state index contributed by atoms with van der Waals surface area (Å²) in [5, 5.41) is 3.34. The van der Waals surface area contributed by atoms with Crippen LogP contribution in [-0.2, 0) is 21.2 Å². The minimum atomic E-state index is -3.43. The summed E-state index contributed by atoms with van der Waals surface area (Å²) in [5.74, 6) is 0.0456. The summed E-state index contributed by atoms with van der Waals surface area (Å²) in [4.78, 5) is 33.3. The lowest BCUT2D eigenvalue weighted by molar-refractivity contribution is -0.117. The van der Waals surface area contributed by atoms with Gasteiger partial charge in [0.2, 0.25) is 5.91 Å². The lowest BCUT2D eigenvalue weighted by Gasteiger charge is -2.16. The summed E-state index contributed by atoms with van der Waals surface area (Å²) in [6, 6.07) is 11.1. The smallest absolute Gasteiger partial charge is 0.258 e. The third-order valence-electron chi connectivity index (χ3n) is 4.14. The van der Waals surface area contributed by atoms with Gasteiger partial charge in [-0.1, -0.05) is 23.7 Å². The average molecular weight is 435 g/mol. The molecule has 0 unspecified atom stereocenters. The van der Waals surface area contributed by atoms with E-state index in [1.807, 2.05) is 0 Å². The second kappa shape index (κ2) is 8.32. The van der Waals surface area contributed by atoms with Gasteiger partial charge in [0, 0.05) is 6.26 Å². The number of para-hydroxylation sites is 1. The molecule has 3 aromatic rings. The van der Waals surface area contributed by atoms with Crippen molar-refractivity contribution in [2.45, 2.75) is 11.4 Å². The third-order valence-corrected chi connectivity index (χ3v) is 5.58. The number of aromatic amines is 1. The van der Waals surface area contributed by atoms with Crippen molar-refractivity contribution in [3.63, 3.8) is 0 Å². The van der Waals surface area contributed by atoms with Crippen molar-refractivity contribution in [3.05, 3.63) is 63.7 Å². The summed E-state index contributed by atoms with van der Waals surface area (Å²) in [6.45, 7) is 0.223. The number of rotatable bonds is 6. The van der Waals surface area contributed by atoms with E-state index in [4.69, 9.17) is 11.6 Å². The molecular formula is C19H19ClN4O4S. The Bertz CT molecular complexity index is 1240. The van der Waals surface area contributed by atoms with E-state index in [9.17, 15) is 18.0 Å². The van der Waals surface area contributed by atoms with Crippen molar-refractivity contribution in [2.24, 2.45) is 0 Å². The number of carbonyl (C=O) groups is 1. The molecule has 0 saturated heterocycles. The SMILES string of the molecule is CN(CC(=O)Nc1cc(S(C)(=O)=O)ccc1Cl)Cc1nc2ccccc2c(=O)[nH]1. The van der Waals surface area contributed by atoms with Crippen LogP contribution in [0.2, 0.25) is 5.02 Å². The lowest BCUT2D eigenvalue weighted by Crippen LogP contribution is -2.31. The number of hydrogen-bond acceptors (Lipinski definition) is 6. The monoisotopic (exact) mass is 434 g/mol. The summed E-state index contributed by atoms with van der Waals surface area (Å²) >= 11 is 6.06. The molecule has 3 rings (SSSR count). The van der Waals surface area contributed by atoms with E-state index in [-0.39, 0.29) is 40.2 Å². The van der Waals surface area contributed by atoms with Crippen LogP contribution in [0, 0.1) is 0 Å². The molecular weight excluding hydrogens is 416 g/mol. The maximum atomic E-state index is 12.4. The van der Waals surface area contributed by atoms with Crippen molar-refractivity contribution >= 4 is 43.9 Å². The van der Waals surface area contributed by atoms with Gasteiger partial charge < -0.3 is 10.3 Å². The summed E-state index contributed by atoms with van der Waals surface area (Å²) in [6.07, 6.45) is 1.08. The van der Waals surface area contributed by atoms with Crippen LogP contribution < -0.4 is 10.9 Å². The Morgan fingerprint density at radius 3 is 2.69 bits per heavy atom. The van der Waals surface area contributed by atoms with Gasteiger partial charge in [0.1, 0.15) is 5.82 Å². The molecule has 8 nitrogen and oxygen atoms in total. The predicted octanol–water partition coefficient (Wildman–Crippen LogP) is 2.05. The minimum Gasteiger partial charge on any atom is -0.324 e. The molecule has 0 bridgehead atoms. The fourth-order valence-corrected chi connectivity index (χ4v) is 3.60. The van der Waals surface area contributed by atoms with Gasteiger partial charge in [-0.15, -0.1) is 0 Å². The minimum absolute atomic E-state index is 0.0179. The Balaban J connectivity index is 1.69. The van der Waals surface area contributed by atoms with Crippen LogP contribution in [0.15, 0.2) is 52.2 Å². The zero-order valence-electron chi connectivity index (χ0n) is 15.8. The van der Waals surface area contributed by atoms with Gasteiger partial charge in [0.05, 0.1) is 39.6 Å². The highest BCUT2D eigenvalue weighted by Crippen LogP contribution is 2.25. The number of sulfone groups is 1. The normalized spacial score (nSPS) is 11.7. The molecule has 1 aromatic heterocycles. The number of carbonyl (C=O) groups excluding carboxylic acids is 1. The molecule has 0 fully saturated rings. The fourth-order valence-electron chi connectivity index (χ4n) is 2.79. The summed E-state index contributed by atoms with van der Waals surface area (Å²) in [7, 11) is -1.73. The number of nitrogens with one attached hydrogen (secondary N) is 2. The van der Waals surface area contributed by atoms with E-state index in [0.717, 1.165) is 6.26 Å². The number of hydrogen-bond donors (Lipinski definition) is 2. The van der Waals surface area contributed by atoms with Crippen molar-refractivity contribution in [2.75, 3.05) is 25.2 Å². The Kier molecular flexibility index (Phi) is 6.02. The highest BCUT2D eigenvalue weighted by atomic mass is 35.5. The van der Waals surface area contributed by atoms with Crippen LogP contribution in [0.3, 0.4) is 0 Å². The number of nitrogens with zero attached hydrogens (tertiary/aromatic N) is 2. The highest BCUT2D eigenvalue weighted by Gasteiger charge is 2.14. The molecule has 152 valence electrons. The third kappa shape index (κ3) is 5.20. The largest absolute Gasteiger partial charge is 0.324 e. The van der Waals surface area contributed by atoms with Crippen molar-refractivity contribution in [1.82, 2.24) is 14.9 Å². The second-order valence-corrected chi connectivity index (χ2v) is 9.09. The van der Waals surface area contributed by atoms with E-state index in [1.54, 1.807) is 36.2 Å². The van der Waals surface area contributed by atoms with E-state index < -0.39 is 9.84 Å².